The number of aromatic nitrogens is 1. The van der Waals surface area contributed by atoms with Crippen molar-refractivity contribution in [1.29, 1.82) is 0 Å². The fraction of sp³-hybridized carbons (Fsp3) is 0.250. The van der Waals surface area contributed by atoms with E-state index in [2.05, 4.69) is 4.98 Å². The molecule has 1 aromatic rings. The molecule has 0 N–H and O–H groups in total. The molecule has 0 saturated carbocycles. The van der Waals surface area contributed by atoms with Crippen LogP contribution in [0.4, 0.5) is 0 Å². The average molecular weight is 247 g/mol. The first-order valence-corrected chi connectivity index (χ1v) is 6.44. The van der Waals surface area contributed by atoms with Gasteiger partial charge in [0, 0.05) is 16.9 Å². The topological polar surface area (TPSA) is 67.3 Å². The van der Waals surface area contributed by atoms with Gasteiger partial charge in [-0.05, 0) is 12.1 Å². The van der Waals surface area contributed by atoms with E-state index in [1.165, 1.54) is 6.20 Å². The first-order chi connectivity index (χ1) is 7.00. The average Bonchev–Trinajstić information content (AvgIpc) is 2.12. The number of halogens is 1. The van der Waals surface area contributed by atoms with Gasteiger partial charge in [0.05, 0.1) is 18.2 Å². The summed E-state index contributed by atoms with van der Waals surface area (Å²) in [4.78, 5) is 15.1. The lowest BCUT2D eigenvalue weighted by molar-refractivity contribution is -0.137. The van der Waals surface area contributed by atoms with Crippen molar-refractivity contribution < 1.29 is 13.2 Å². The third kappa shape index (κ3) is 1.82. The summed E-state index contributed by atoms with van der Waals surface area (Å²) in [5.74, 6) is -0.499. The minimum absolute atomic E-state index is 0.128. The van der Waals surface area contributed by atoms with Crippen LogP contribution in [0.1, 0.15) is 18.2 Å². The highest BCUT2D eigenvalue weighted by Gasteiger charge is 2.45. The predicted molar refractivity (Wildman–Crippen MR) is 53.2 cm³/mol. The van der Waals surface area contributed by atoms with Crippen molar-refractivity contribution in [3.05, 3.63) is 30.1 Å². The van der Waals surface area contributed by atoms with E-state index < -0.39 is 21.2 Å². The van der Waals surface area contributed by atoms with Crippen LogP contribution in [0.2, 0.25) is 0 Å². The van der Waals surface area contributed by atoms with Crippen LogP contribution >= 0.6 is 10.7 Å². The van der Waals surface area contributed by atoms with Crippen LogP contribution in [0.15, 0.2) is 24.4 Å². The molecule has 0 spiro atoms. The van der Waals surface area contributed by atoms with Gasteiger partial charge in [0.2, 0.25) is 5.91 Å². The van der Waals surface area contributed by atoms with Gasteiger partial charge >= 0.3 is 9.24 Å². The van der Waals surface area contributed by atoms with Crippen molar-refractivity contribution in [1.82, 2.24) is 9.29 Å². The fourth-order valence-electron chi connectivity index (χ4n) is 1.47. The summed E-state index contributed by atoms with van der Waals surface area (Å²) in [6, 6.07) is 4.54. The molecule has 1 aliphatic heterocycles. The monoisotopic (exact) mass is 246 g/mol. The fourth-order valence-corrected chi connectivity index (χ4v) is 2.79. The smallest absolute Gasteiger partial charge is 0.274 e. The second-order valence-electron chi connectivity index (χ2n) is 3.11. The maximum Gasteiger partial charge on any atom is 0.324 e. The Morgan fingerprint density at radius 2 is 2.20 bits per heavy atom. The van der Waals surface area contributed by atoms with Crippen LogP contribution in [0.3, 0.4) is 0 Å². The molecule has 1 saturated heterocycles. The zero-order valence-corrected chi connectivity index (χ0v) is 9.07. The summed E-state index contributed by atoms with van der Waals surface area (Å²) in [5, 5.41) is 0. The summed E-state index contributed by atoms with van der Waals surface area (Å²) < 4.78 is 22.8. The quantitative estimate of drug-likeness (QED) is 0.573. The minimum atomic E-state index is -4.00. The molecular weight excluding hydrogens is 240 g/mol. The van der Waals surface area contributed by atoms with Crippen molar-refractivity contribution in [2.45, 2.75) is 12.5 Å². The molecule has 15 heavy (non-hydrogen) atoms. The molecule has 7 heteroatoms. The largest absolute Gasteiger partial charge is 0.324 e. The van der Waals surface area contributed by atoms with E-state index in [1.54, 1.807) is 18.2 Å². The number of β-lactam (4-membered cyclic amide) rings is 1. The Morgan fingerprint density at radius 1 is 1.47 bits per heavy atom. The molecule has 1 aliphatic rings. The first-order valence-electron chi connectivity index (χ1n) is 4.18. The second kappa shape index (κ2) is 3.46. The van der Waals surface area contributed by atoms with E-state index >= 15 is 0 Å². The van der Waals surface area contributed by atoms with Crippen molar-refractivity contribution in [3.63, 3.8) is 0 Å². The highest BCUT2D eigenvalue weighted by atomic mass is 35.7. The van der Waals surface area contributed by atoms with Gasteiger partial charge in [0.25, 0.3) is 0 Å². The number of hydrogen-bond donors (Lipinski definition) is 0. The van der Waals surface area contributed by atoms with Crippen molar-refractivity contribution in [2.24, 2.45) is 0 Å². The second-order valence-corrected chi connectivity index (χ2v) is 5.49. The summed E-state index contributed by atoms with van der Waals surface area (Å²) in [6.45, 7) is 0. The van der Waals surface area contributed by atoms with Gasteiger partial charge in [-0.3, -0.25) is 9.78 Å². The van der Waals surface area contributed by atoms with Crippen molar-refractivity contribution in [2.75, 3.05) is 0 Å². The summed E-state index contributed by atoms with van der Waals surface area (Å²) in [6.07, 6.45) is 1.67. The van der Waals surface area contributed by atoms with Crippen LogP contribution in [-0.4, -0.2) is 23.6 Å². The number of amides is 1. The van der Waals surface area contributed by atoms with Gasteiger partial charge in [0.15, 0.2) is 0 Å². The Hall–Kier alpha value is -1.14. The lowest BCUT2D eigenvalue weighted by Crippen LogP contribution is -2.48. The molecule has 1 amide bonds. The molecular formula is C8H7ClN2O3S. The number of pyridine rings is 1. The van der Waals surface area contributed by atoms with Crippen molar-refractivity contribution >= 4 is 25.8 Å². The van der Waals surface area contributed by atoms with Gasteiger partial charge in [0.1, 0.15) is 0 Å². The molecule has 5 nitrogen and oxygen atoms in total. The number of hydrogen-bond acceptors (Lipinski definition) is 4. The van der Waals surface area contributed by atoms with Gasteiger partial charge in [-0.15, -0.1) is 0 Å². The highest BCUT2D eigenvalue weighted by Crippen LogP contribution is 2.36. The van der Waals surface area contributed by atoms with Gasteiger partial charge < -0.3 is 0 Å². The lowest BCUT2D eigenvalue weighted by Gasteiger charge is -2.36. The van der Waals surface area contributed by atoms with E-state index in [9.17, 15) is 13.2 Å². The number of nitrogens with zero attached hydrogens (tertiary/aromatic N) is 2. The molecule has 0 radical (unpaired) electrons. The third-order valence-electron chi connectivity index (χ3n) is 2.16. The standard InChI is InChI=1S/C8H7ClN2O3S/c9-15(13,14)11-7(5-8(11)12)6-3-1-2-4-10-6/h1-4,7H,5H2. The normalized spacial score (nSPS) is 21.3. The predicted octanol–water partition coefficient (Wildman–Crippen LogP) is 0.839. The van der Waals surface area contributed by atoms with Crippen LogP contribution in [0.25, 0.3) is 0 Å². The van der Waals surface area contributed by atoms with E-state index in [0.717, 1.165) is 0 Å². The SMILES string of the molecule is O=C1CC(c2ccccn2)N1S(=O)(=O)Cl. The molecule has 1 fully saturated rings. The molecule has 2 heterocycles. The molecule has 0 aromatic carbocycles. The molecule has 80 valence electrons. The highest BCUT2D eigenvalue weighted by molar-refractivity contribution is 8.12. The Balaban J connectivity index is 2.31. The molecule has 1 atom stereocenters. The Morgan fingerprint density at radius 3 is 2.67 bits per heavy atom. The molecule has 0 aliphatic carbocycles. The molecule has 1 aromatic heterocycles. The Labute approximate surface area is 91.2 Å². The molecule has 1 unspecified atom stereocenters. The minimum Gasteiger partial charge on any atom is -0.274 e. The molecule has 0 bridgehead atoms. The zero-order chi connectivity index (χ0) is 11.1. The van der Waals surface area contributed by atoms with E-state index in [1.807, 2.05) is 0 Å². The Bertz CT molecular complexity index is 488. The number of rotatable bonds is 2. The van der Waals surface area contributed by atoms with Gasteiger partial charge in [-0.25, -0.2) is 4.31 Å². The Kier molecular flexibility index (Phi) is 2.40. The summed E-state index contributed by atoms with van der Waals surface area (Å²) >= 11 is 0. The maximum absolute atomic E-state index is 11.1. The van der Waals surface area contributed by atoms with Gasteiger partial charge in [-0.2, -0.15) is 8.42 Å². The third-order valence-corrected chi connectivity index (χ3v) is 3.54. The van der Waals surface area contributed by atoms with Crippen LogP contribution in [0.5, 0.6) is 0 Å². The van der Waals surface area contributed by atoms with E-state index in [4.69, 9.17) is 10.7 Å². The van der Waals surface area contributed by atoms with Gasteiger partial charge in [-0.1, -0.05) is 6.07 Å². The van der Waals surface area contributed by atoms with Crippen molar-refractivity contribution in [3.8, 4) is 0 Å². The maximum atomic E-state index is 11.1. The zero-order valence-electron chi connectivity index (χ0n) is 7.50. The van der Waals surface area contributed by atoms with Crippen LogP contribution < -0.4 is 0 Å². The van der Waals surface area contributed by atoms with Crippen LogP contribution in [-0.2, 0) is 14.0 Å². The van der Waals surface area contributed by atoms with E-state index in [-0.39, 0.29) is 6.42 Å². The van der Waals surface area contributed by atoms with E-state index in [0.29, 0.717) is 10.00 Å². The molecule has 2 rings (SSSR count). The number of carbonyl (C=O) groups excluding carboxylic acids is 1. The first kappa shape index (κ1) is 10.4. The number of carbonyl (C=O) groups is 1. The van der Waals surface area contributed by atoms with Crippen LogP contribution in [0, 0.1) is 0 Å². The lowest BCUT2D eigenvalue weighted by atomic mass is 10.0. The summed E-state index contributed by atoms with van der Waals surface area (Å²) in [5.41, 5.74) is 0.529. The summed E-state index contributed by atoms with van der Waals surface area (Å²) in [7, 11) is 1.13.